The van der Waals surface area contributed by atoms with Gasteiger partial charge in [0.05, 0.1) is 8.07 Å². The zero-order valence-corrected chi connectivity index (χ0v) is 33.5. The van der Waals surface area contributed by atoms with E-state index in [0.717, 1.165) is 6.42 Å². The Kier molecular flexibility index (Phi) is 12.1. The van der Waals surface area contributed by atoms with E-state index in [-0.39, 0.29) is 0 Å². The van der Waals surface area contributed by atoms with E-state index in [4.69, 9.17) is 0 Å². The summed E-state index contributed by atoms with van der Waals surface area (Å²) in [6, 6.07) is 77.3. The molecule has 0 saturated heterocycles. The fraction of sp³-hybridized carbons (Fsp3) is 0.143. The average molecular weight is 757 g/mol. The quantitative estimate of drug-likeness (QED) is 0.115. The largest absolute Gasteiger partial charge is 0.346 e. The van der Waals surface area contributed by atoms with E-state index in [1.807, 2.05) is 0 Å². The van der Waals surface area contributed by atoms with Crippen LogP contribution in [0.2, 0.25) is 0 Å². The summed E-state index contributed by atoms with van der Waals surface area (Å²) in [7, 11) is -0.133. The second-order valence-electron chi connectivity index (χ2n) is 13.9. The monoisotopic (exact) mass is 756 g/mol. The van der Waals surface area contributed by atoms with Crippen molar-refractivity contribution in [2.75, 3.05) is 11.7 Å². The summed E-state index contributed by atoms with van der Waals surface area (Å²) >= 11 is 0. The molecule has 1 saturated carbocycles. The second-order valence-corrected chi connectivity index (χ2v) is 20.6. The maximum absolute atomic E-state index is 3.03. The minimum Gasteiger partial charge on any atom is -0.346 e. The molecule has 268 valence electrons. The van der Waals surface area contributed by atoms with Crippen LogP contribution >= 0.6 is 24.2 Å². The summed E-state index contributed by atoms with van der Waals surface area (Å²) in [5.41, 5.74) is 2.84. The Hall–Kier alpha value is -4.41. The minimum absolute atomic E-state index is 0.393. The number of rotatable bonds is 12. The van der Waals surface area contributed by atoms with Crippen LogP contribution in [-0.4, -0.2) is 17.5 Å². The molecule has 2 unspecified atom stereocenters. The standard InChI is InChI=1S/C49H47N2P3/c1-50(52(42-25-8-2-9-26-42)43-27-10-3-11-28-43)49-38-21-20-37-48(49)40-23-22-24-41(39-40)51(53(44-29-12-4-13-30-44)45-31-14-5-15-32-45)54(46-33-16-6-17-34-46)47-35-18-7-19-36-47/h2-21,25-38,40-41H,22-24,39H2,1H3. The summed E-state index contributed by atoms with van der Waals surface area (Å²) in [6.07, 6.45) is 4.71. The third kappa shape index (κ3) is 8.15. The highest BCUT2D eigenvalue weighted by atomic mass is 31.2. The predicted molar refractivity (Wildman–Crippen MR) is 239 cm³/mol. The Morgan fingerprint density at radius 3 is 1.11 bits per heavy atom. The van der Waals surface area contributed by atoms with Crippen molar-refractivity contribution in [2.45, 2.75) is 37.6 Å². The van der Waals surface area contributed by atoms with Crippen molar-refractivity contribution in [3.63, 3.8) is 0 Å². The van der Waals surface area contributed by atoms with Crippen molar-refractivity contribution in [3.8, 4) is 0 Å². The van der Waals surface area contributed by atoms with Crippen molar-refractivity contribution in [1.82, 2.24) is 4.44 Å². The number of para-hydroxylation sites is 1. The molecule has 0 radical (unpaired) electrons. The summed E-state index contributed by atoms with van der Waals surface area (Å²) in [5.74, 6) is 0.445. The Morgan fingerprint density at radius 1 is 0.389 bits per heavy atom. The highest BCUT2D eigenvalue weighted by Gasteiger charge is 2.40. The topological polar surface area (TPSA) is 6.48 Å². The van der Waals surface area contributed by atoms with Crippen LogP contribution in [0.5, 0.6) is 0 Å². The van der Waals surface area contributed by atoms with Gasteiger partial charge in [-0.3, -0.25) is 0 Å². The molecular formula is C49H47N2P3. The molecule has 0 heterocycles. The third-order valence-electron chi connectivity index (χ3n) is 10.4. The van der Waals surface area contributed by atoms with Crippen molar-refractivity contribution in [1.29, 1.82) is 0 Å². The van der Waals surface area contributed by atoms with E-state index in [2.05, 4.69) is 222 Å². The molecule has 0 spiro atoms. The van der Waals surface area contributed by atoms with Gasteiger partial charge >= 0.3 is 0 Å². The van der Waals surface area contributed by atoms with Gasteiger partial charge in [0, 0.05) is 45.5 Å². The zero-order chi connectivity index (χ0) is 36.5. The molecule has 7 aromatic carbocycles. The molecule has 0 amide bonds. The van der Waals surface area contributed by atoms with E-state index >= 15 is 0 Å². The van der Waals surface area contributed by atoms with Crippen molar-refractivity contribution in [2.24, 2.45) is 0 Å². The highest BCUT2D eigenvalue weighted by molar-refractivity contribution is 7.84. The van der Waals surface area contributed by atoms with Gasteiger partial charge in [-0.25, -0.2) is 4.44 Å². The maximum atomic E-state index is 3.03. The minimum atomic E-state index is -0.848. The van der Waals surface area contributed by atoms with Gasteiger partial charge in [0.2, 0.25) is 0 Å². The van der Waals surface area contributed by atoms with E-state index in [0.29, 0.717) is 12.0 Å². The fourth-order valence-corrected chi connectivity index (χ4v) is 16.7. The first kappa shape index (κ1) is 36.6. The van der Waals surface area contributed by atoms with Crippen LogP contribution < -0.4 is 36.5 Å². The lowest BCUT2D eigenvalue weighted by molar-refractivity contribution is 0.323. The zero-order valence-electron chi connectivity index (χ0n) is 30.8. The number of nitrogens with zero attached hydrogens (tertiary/aromatic N) is 2. The summed E-state index contributed by atoms with van der Waals surface area (Å²) in [6.45, 7) is 0. The number of hydrogen-bond acceptors (Lipinski definition) is 2. The van der Waals surface area contributed by atoms with Crippen LogP contribution in [0.1, 0.15) is 37.2 Å². The lowest BCUT2D eigenvalue weighted by Crippen LogP contribution is -2.40. The SMILES string of the molecule is CN(c1ccccc1C1CCCC(N(P(c2ccccc2)c2ccccc2)P(c2ccccc2)c2ccccc2)C1)P(c1ccccc1)c1ccccc1. The van der Waals surface area contributed by atoms with Gasteiger partial charge in [-0.1, -0.05) is 207 Å². The molecule has 5 heteroatoms. The first-order valence-corrected chi connectivity index (χ1v) is 23.0. The Morgan fingerprint density at radius 2 is 0.722 bits per heavy atom. The van der Waals surface area contributed by atoms with E-state index in [9.17, 15) is 0 Å². The molecule has 0 N–H and O–H groups in total. The fourth-order valence-electron chi connectivity index (χ4n) is 7.99. The Balaban J connectivity index is 1.24. The van der Waals surface area contributed by atoms with Crippen LogP contribution in [0.4, 0.5) is 5.69 Å². The smallest absolute Gasteiger partial charge is 0.0547 e. The van der Waals surface area contributed by atoms with Crippen molar-refractivity contribution >= 4 is 61.7 Å². The maximum Gasteiger partial charge on any atom is 0.0547 e. The van der Waals surface area contributed by atoms with E-state index < -0.39 is 24.2 Å². The normalized spacial score (nSPS) is 15.9. The molecule has 54 heavy (non-hydrogen) atoms. The Bertz CT molecular complexity index is 1970. The van der Waals surface area contributed by atoms with Gasteiger partial charge in [0.25, 0.3) is 0 Å². The van der Waals surface area contributed by atoms with Crippen molar-refractivity contribution in [3.05, 3.63) is 212 Å². The molecule has 0 bridgehead atoms. The van der Waals surface area contributed by atoms with E-state index in [1.54, 1.807) is 0 Å². The van der Waals surface area contributed by atoms with Gasteiger partial charge in [-0.2, -0.15) is 0 Å². The van der Waals surface area contributed by atoms with Gasteiger partial charge < -0.3 is 4.67 Å². The lowest BCUT2D eigenvalue weighted by Gasteiger charge is -2.47. The van der Waals surface area contributed by atoms with Crippen LogP contribution in [0.15, 0.2) is 206 Å². The molecule has 1 aliphatic carbocycles. The van der Waals surface area contributed by atoms with E-state index in [1.165, 1.54) is 62.3 Å². The number of anilines is 1. The molecule has 0 aliphatic heterocycles. The van der Waals surface area contributed by atoms with Gasteiger partial charge in [-0.15, -0.1) is 0 Å². The van der Waals surface area contributed by atoms with Gasteiger partial charge in [0.1, 0.15) is 0 Å². The predicted octanol–water partition coefficient (Wildman–Crippen LogP) is 10.6. The van der Waals surface area contributed by atoms with Crippen LogP contribution in [0.3, 0.4) is 0 Å². The van der Waals surface area contributed by atoms with Crippen molar-refractivity contribution < 1.29 is 0 Å². The average Bonchev–Trinajstić information content (AvgIpc) is 3.26. The molecule has 7 aromatic rings. The number of hydrogen-bond donors (Lipinski definition) is 0. The van der Waals surface area contributed by atoms with Crippen LogP contribution in [-0.2, 0) is 0 Å². The molecule has 1 aliphatic rings. The van der Waals surface area contributed by atoms with Gasteiger partial charge in [-0.05, 0) is 58.0 Å². The first-order chi connectivity index (χ1) is 26.8. The summed E-state index contributed by atoms with van der Waals surface area (Å²) in [4.78, 5) is 0. The molecule has 0 aromatic heterocycles. The second kappa shape index (κ2) is 17.8. The Labute approximate surface area is 326 Å². The summed E-state index contributed by atoms with van der Waals surface area (Å²) < 4.78 is 5.62. The molecule has 2 atom stereocenters. The van der Waals surface area contributed by atoms with Gasteiger partial charge in [0.15, 0.2) is 0 Å². The molecular weight excluding hydrogens is 709 g/mol. The first-order valence-electron chi connectivity index (χ1n) is 19.1. The van der Waals surface area contributed by atoms with Crippen LogP contribution in [0.25, 0.3) is 0 Å². The summed E-state index contributed by atoms with van der Waals surface area (Å²) in [5, 5.41) is 8.40. The molecule has 1 fully saturated rings. The van der Waals surface area contributed by atoms with Crippen LogP contribution in [0, 0.1) is 0 Å². The molecule has 8 rings (SSSR count). The third-order valence-corrected chi connectivity index (χ3v) is 18.5. The molecule has 2 nitrogen and oxygen atoms in total. The lowest BCUT2D eigenvalue weighted by atomic mass is 9.81. The highest BCUT2D eigenvalue weighted by Crippen LogP contribution is 2.59. The number of benzene rings is 7.